The number of nitrogens with zero attached hydrogens (tertiary/aromatic N) is 1. The van der Waals surface area contributed by atoms with Gasteiger partial charge in [-0.1, -0.05) is 31.4 Å². The fourth-order valence-corrected chi connectivity index (χ4v) is 2.72. The van der Waals surface area contributed by atoms with Crippen LogP contribution in [0.3, 0.4) is 0 Å². The minimum Gasteiger partial charge on any atom is -0.366 e. The van der Waals surface area contributed by atoms with Gasteiger partial charge in [-0.15, -0.1) is 0 Å². The van der Waals surface area contributed by atoms with Gasteiger partial charge in [0, 0.05) is 12.2 Å². The highest BCUT2D eigenvalue weighted by Gasteiger charge is 2.17. The predicted molar refractivity (Wildman–Crippen MR) is 77.4 cm³/mol. The zero-order chi connectivity index (χ0) is 13.8. The van der Waals surface area contributed by atoms with Gasteiger partial charge in [-0.2, -0.15) is 0 Å². The first-order valence-corrected chi connectivity index (χ1v) is 7.16. The maximum absolute atomic E-state index is 11.0. The largest absolute Gasteiger partial charge is 0.366 e. The summed E-state index contributed by atoms with van der Waals surface area (Å²) in [6.45, 7) is 2.30. The molecule has 104 valence electrons. The van der Waals surface area contributed by atoms with Crippen LogP contribution in [-0.4, -0.2) is 16.9 Å². The molecule has 1 amide bonds. The third-order valence-electron chi connectivity index (χ3n) is 3.72. The second-order valence-corrected chi connectivity index (χ2v) is 5.78. The van der Waals surface area contributed by atoms with Crippen LogP contribution in [0.25, 0.3) is 0 Å². The summed E-state index contributed by atoms with van der Waals surface area (Å²) in [6.07, 6.45) is 7.50. The summed E-state index contributed by atoms with van der Waals surface area (Å²) >= 11 is 6.13. The Balaban J connectivity index is 2.04. The molecule has 5 heteroatoms. The molecule has 1 aliphatic carbocycles. The van der Waals surface area contributed by atoms with E-state index in [1.807, 2.05) is 0 Å². The van der Waals surface area contributed by atoms with Gasteiger partial charge in [-0.25, -0.2) is 4.98 Å². The van der Waals surface area contributed by atoms with Crippen LogP contribution in [-0.2, 0) is 0 Å². The number of rotatable bonds is 3. The number of halogens is 1. The Morgan fingerprint density at radius 2 is 2.21 bits per heavy atom. The van der Waals surface area contributed by atoms with Crippen molar-refractivity contribution >= 4 is 23.3 Å². The molecule has 1 fully saturated rings. The summed E-state index contributed by atoms with van der Waals surface area (Å²) in [7, 11) is 0. The normalized spacial score (nSPS) is 23.7. The fraction of sp³-hybridized carbons (Fsp3) is 0.571. The fourth-order valence-electron chi connectivity index (χ4n) is 2.50. The smallest absolute Gasteiger partial charge is 0.250 e. The average Bonchev–Trinajstić information content (AvgIpc) is 2.57. The zero-order valence-electron chi connectivity index (χ0n) is 11.2. The van der Waals surface area contributed by atoms with Crippen molar-refractivity contribution in [2.45, 2.75) is 45.1 Å². The Bertz CT molecular complexity index is 464. The van der Waals surface area contributed by atoms with Crippen molar-refractivity contribution in [3.63, 3.8) is 0 Å². The van der Waals surface area contributed by atoms with Gasteiger partial charge in [-0.05, 0) is 31.2 Å². The van der Waals surface area contributed by atoms with Gasteiger partial charge >= 0.3 is 0 Å². The molecule has 0 radical (unpaired) electrons. The number of pyridine rings is 1. The van der Waals surface area contributed by atoms with Gasteiger partial charge in [0.15, 0.2) is 0 Å². The third-order valence-corrected chi connectivity index (χ3v) is 4.01. The molecule has 1 aromatic heterocycles. The number of aromatic nitrogens is 1. The minimum absolute atomic E-state index is 0.338. The van der Waals surface area contributed by atoms with E-state index in [-0.39, 0.29) is 0 Å². The molecule has 1 saturated carbocycles. The highest BCUT2D eigenvalue weighted by atomic mass is 35.5. The molecule has 1 heterocycles. The number of anilines is 1. The lowest BCUT2D eigenvalue weighted by Gasteiger charge is -2.18. The van der Waals surface area contributed by atoms with Crippen LogP contribution in [0.5, 0.6) is 0 Å². The van der Waals surface area contributed by atoms with Crippen molar-refractivity contribution < 1.29 is 4.79 Å². The van der Waals surface area contributed by atoms with Gasteiger partial charge < -0.3 is 11.1 Å². The maximum atomic E-state index is 11.0. The molecule has 2 rings (SSSR count). The van der Waals surface area contributed by atoms with E-state index >= 15 is 0 Å². The Kier molecular flexibility index (Phi) is 4.64. The highest BCUT2D eigenvalue weighted by Crippen LogP contribution is 2.27. The Morgan fingerprint density at radius 1 is 1.42 bits per heavy atom. The second kappa shape index (κ2) is 6.24. The molecule has 0 saturated heterocycles. The van der Waals surface area contributed by atoms with Crippen LogP contribution in [0.4, 0.5) is 5.82 Å². The van der Waals surface area contributed by atoms with Crippen LogP contribution in [0.1, 0.15) is 49.4 Å². The van der Waals surface area contributed by atoms with Crippen molar-refractivity contribution in [2.24, 2.45) is 11.7 Å². The SMILES string of the molecule is CC1CCCC(Nc2ncc(C(N)=O)cc2Cl)CC1. The Hall–Kier alpha value is -1.29. The highest BCUT2D eigenvalue weighted by molar-refractivity contribution is 6.33. The van der Waals surface area contributed by atoms with Gasteiger partial charge in [0.1, 0.15) is 5.82 Å². The quantitative estimate of drug-likeness (QED) is 0.836. The number of hydrogen-bond donors (Lipinski definition) is 2. The van der Waals surface area contributed by atoms with E-state index in [1.165, 1.54) is 25.5 Å². The van der Waals surface area contributed by atoms with Crippen LogP contribution in [0, 0.1) is 5.92 Å². The number of amides is 1. The summed E-state index contributed by atoms with van der Waals surface area (Å²) in [5.74, 6) is 0.933. The Morgan fingerprint density at radius 3 is 2.89 bits per heavy atom. The second-order valence-electron chi connectivity index (χ2n) is 5.37. The molecule has 0 aromatic carbocycles. The van der Waals surface area contributed by atoms with E-state index in [1.54, 1.807) is 6.07 Å². The molecule has 3 N–H and O–H groups in total. The van der Waals surface area contributed by atoms with Crippen molar-refractivity contribution in [3.8, 4) is 0 Å². The molecule has 4 nitrogen and oxygen atoms in total. The summed E-state index contributed by atoms with van der Waals surface area (Å²) < 4.78 is 0. The predicted octanol–water partition coefficient (Wildman–Crippen LogP) is 3.21. The summed E-state index contributed by atoms with van der Waals surface area (Å²) in [4.78, 5) is 15.2. The van der Waals surface area contributed by atoms with Crippen molar-refractivity contribution in [3.05, 3.63) is 22.8 Å². The van der Waals surface area contributed by atoms with Crippen LogP contribution in [0.2, 0.25) is 5.02 Å². The summed E-state index contributed by atoms with van der Waals surface area (Å²) in [5, 5.41) is 3.83. The van der Waals surface area contributed by atoms with Crippen molar-refractivity contribution in [2.75, 3.05) is 5.32 Å². The van der Waals surface area contributed by atoms with E-state index in [0.717, 1.165) is 18.8 Å². The molecular weight excluding hydrogens is 262 g/mol. The third kappa shape index (κ3) is 3.83. The monoisotopic (exact) mass is 281 g/mol. The van der Waals surface area contributed by atoms with Gasteiger partial charge in [0.05, 0.1) is 10.6 Å². The average molecular weight is 282 g/mol. The van der Waals surface area contributed by atoms with Crippen LogP contribution < -0.4 is 11.1 Å². The molecule has 2 unspecified atom stereocenters. The molecule has 0 bridgehead atoms. The van der Waals surface area contributed by atoms with E-state index in [2.05, 4.69) is 17.2 Å². The standard InChI is InChI=1S/C14H20ClN3O/c1-9-3-2-4-11(6-5-9)18-14-12(15)7-10(8-17-14)13(16)19/h7-9,11H,2-6H2,1H3,(H2,16,19)(H,17,18). The molecule has 0 aliphatic heterocycles. The van der Waals surface area contributed by atoms with E-state index in [0.29, 0.717) is 22.4 Å². The zero-order valence-corrected chi connectivity index (χ0v) is 11.9. The lowest BCUT2D eigenvalue weighted by atomic mass is 10.0. The van der Waals surface area contributed by atoms with E-state index in [9.17, 15) is 4.79 Å². The first kappa shape index (κ1) is 14.1. The molecule has 2 atom stereocenters. The van der Waals surface area contributed by atoms with Gasteiger partial charge in [-0.3, -0.25) is 4.79 Å². The molecule has 1 aliphatic rings. The van der Waals surface area contributed by atoms with Gasteiger partial charge in [0.25, 0.3) is 0 Å². The first-order valence-electron chi connectivity index (χ1n) is 6.78. The summed E-state index contributed by atoms with van der Waals surface area (Å²) in [6, 6.07) is 1.98. The Labute approximate surface area is 118 Å². The van der Waals surface area contributed by atoms with Crippen LogP contribution in [0.15, 0.2) is 12.3 Å². The number of nitrogens with two attached hydrogens (primary N) is 1. The van der Waals surface area contributed by atoms with Crippen molar-refractivity contribution in [1.29, 1.82) is 0 Å². The lowest BCUT2D eigenvalue weighted by molar-refractivity contribution is 0.1000. The molecule has 0 spiro atoms. The molecule has 1 aromatic rings. The lowest BCUT2D eigenvalue weighted by Crippen LogP contribution is -2.20. The topological polar surface area (TPSA) is 68.0 Å². The minimum atomic E-state index is -0.510. The number of primary amides is 1. The number of hydrogen-bond acceptors (Lipinski definition) is 3. The van der Waals surface area contributed by atoms with E-state index < -0.39 is 5.91 Å². The number of carbonyl (C=O) groups is 1. The maximum Gasteiger partial charge on any atom is 0.250 e. The van der Waals surface area contributed by atoms with E-state index in [4.69, 9.17) is 17.3 Å². The summed E-state index contributed by atoms with van der Waals surface area (Å²) in [5.41, 5.74) is 5.53. The first-order chi connectivity index (χ1) is 9.06. The number of nitrogens with one attached hydrogen (secondary N) is 1. The van der Waals surface area contributed by atoms with Crippen molar-refractivity contribution in [1.82, 2.24) is 4.98 Å². The number of carbonyl (C=O) groups excluding carboxylic acids is 1. The molecule has 19 heavy (non-hydrogen) atoms. The van der Waals surface area contributed by atoms with Crippen LogP contribution >= 0.6 is 11.6 Å². The molecular formula is C14H20ClN3O. The van der Waals surface area contributed by atoms with Gasteiger partial charge in [0.2, 0.25) is 5.91 Å².